The first-order chi connectivity index (χ1) is 15.7. The summed E-state index contributed by atoms with van der Waals surface area (Å²) in [6.07, 6.45) is 1.58. The molecular weight excluding hydrogens is 422 g/mol. The summed E-state index contributed by atoms with van der Waals surface area (Å²) in [6, 6.07) is 29.0. The number of amides is 1. The van der Waals surface area contributed by atoms with Crippen molar-refractivity contribution >= 4 is 40.2 Å². The number of rotatable bonds is 8. The highest BCUT2D eigenvalue weighted by Crippen LogP contribution is 2.22. The zero-order chi connectivity index (χ0) is 22.2. The van der Waals surface area contributed by atoms with E-state index in [1.165, 1.54) is 0 Å². The van der Waals surface area contributed by atoms with Gasteiger partial charge >= 0.3 is 0 Å². The van der Waals surface area contributed by atoms with Gasteiger partial charge in [-0.1, -0.05) is 72.3 Å². The highest BCUT2D eigenvalue weighted by molar-refractivity contribution is 6.30. The molecule has 4 aromatic carbocycles. The van der Waals surface area contributed by atoms with Gasteiger partial charge in [-0.25, -0.2) is 5.43 Å². The molecule has 0 bridgehead atoms. The predicted octanol–water partition coefficient (Wildman–Crippen LogP) is 5.63. The van der Waals surface area contributed by atoms with Gasteiger partial charge in [0.2, 0.25) is 0 Å². The van der Waals surface area contributed by atoms with Crippen molar-refractivity contribution in [2.24, 2.45) is 5.10 Å². The van der Waals surface area contributed by atoms with Gasteiger partial charge in [0.1, 0.15) is 12.4 Å². The molecule has 0 radical (unpaired) electrons. The van der Waals surface area contributed by atoms with Crippen molar-refractivity contribution in [1.82, 2.24) is 5.43 Å². The monoisotopic (exact) mass is 443 g/mol. The maximum absolute atomic E-state index is 12.2. The second-order valence-electron chi connectivity index (χ2n) is 7.13. The van der Waals surface area contributed by atoms with E-state index < -0.39 is 0 Å². The minimum atomic E-state index is -0.242. The lowest BCUT2D eigenvalue weighted by molar-refractivity contribution is -0.119. The van der Waals surface area contributed by atoms with Gasteiger partial charge in [-0.15, -0.1) is 0 Å². The van der Waals surface area contributed by atoms with Crippen LogP contribution in [0, 0.1) is 0 Å². The zero-order valence-corrected chi connectivity index (χ0v) is 18.0. The van der Waals surface area contributed by atoms with Crippen LogP contribution in [-0.4, -0.2) is 18.7 Å². The van der Waals surface area contributed by atoms with Gasteiger partial charge in [0.05, 0.1) is 12.8 Å². The number of hydrogen-bond donors (Lipinski definition) is 2. The largest absolute Gasteiger partial charge is 0.488 e. The fourth-order valence-corrected chi connectivity index (χ4v) is 3.35. The SMILES string of the molecule is O=C(CNc1cccc2ccccc12)N/N=C\c1ccccc1OCc1ccc(Cl)cc1. The van der Waals surface area contributed by atoms with Crippen LogP contribution < -0.4 is 15.5 Å². The smallest absolute Gasteiger partial charge is 0.259 e. The Labute approximate surface area is 191 Å². The number of hydrazone groups is 1. The topological polar surface area (TPSA) is 62.7 Å². The first-order valence-corrected chi connectivity index (χ1v) is 10.6. The minimum absolute atomic E-state index is 0.111. The molecule has 0 unspecified atom stereocenters. The van der Waals surface area contributed by atoms with E-state index in [1.54, 1.807) is 6.21 Å². The van der Waals surface area contributed by atoms with Gasteiger partial charge in [0, 0.05) is 21.7 Å². The van der Waals surface area contributed by atoms with Gasteiger partial charge in [-0.3, -0.25) is 4.79 Å². The summed E-state index contributed by atoms with van der Waals surface area (Å²) in [5, 5.41) is 10.1. The lowest BCUT2D eigenvalue weighted by atomic mass is 10.1. The van der Waals surface area contributed by atoms with Crippen molar-refractivity contribution < 1.29 is 9.53 Å². The Morgan fingerprint density at radius 2 is 1.66 bits per heavy atom. The van der Waals surface area contributed by atoms with E-state index in [2.05, 4.69) is 15.8 Å². The van der Waals surface area contributed by atoms with Crippen LogP contribution in [-0.2, 0) is 11.4 Å². The Morgan fingerprint density at radius 1 is 0.906 bits per heavy atom. The standard InChI is InChI=1S/C26H22ClN3O2/c27-22-14-12-19(13-15-22)18-32-25-11-4-2-7-21(25)16-29-30-26(31)17-28-24-10-5-8-20-6-1-3-9-23(20)24/h1-16,28H,17-18H2,(H,30,31)/b29-16-. The van der Waals surface area contributed by atoms with Crippen LogP contribution in [0.4, 0.5) is 5.69 Å². The number of benzene rings is 4. The molecule has 1 amide bonds. The molecule has 0 saturated heterocycles. The summed E-state index contributed by atoms with van der Waals surface area (Å²) >= 11 is 5.92. The molecule has 0 heterocycles. The van der Waals surface area contributed by atoms with Crippen molar-refractivity contribution in [2.45, 2.75) is 6.61 Å². The molecule has 0 aromatic heterocycles. The maximum Gasteiger partial charge on any atom is 0.259 e. The Bertz CT molecular complexity index is 1230. The van der Waals surface area contributed by atoms with Crippen molar-refractivity contribution in [3.8, 4) is 5.75 Å². The van der Waals surface area contributed by atoms with E-state index in [9.17, 15) is 4.79 Å². The predicted molar refractivity (Wildman–Crippen MR) is 130 cm³/mol. The summed E-state index contributed by atoms with van der Waals surface area (Å²) in [6.45, 7) is 0.517. The molecule has 5 nitrogen and oxygen atoms in total. The van der Waals surface area contributed by atoms with Crippen molar-refractivity contribution in [1.29, 1.82) is 0 Å². The van der Waals surface area contributed by atoms with Crippen LogP contribution in [0.3, 0.4) is 0 Å². The third kappa shape index (κ3) is 5.65. The number of carbonyl (C=O) groups is 1. The number of anilines is 1. The van der Waals surface area contributed by atoms with Crippen molar-refractivity contribution in [3.05, 3.63) is 107 Å². The van der Waals surface area contributed by atoms with Gasteiger partial charge in [0.15, 0.2) is 0 Å². The summed E-state index contributed by atoms with van der Waals surface area (Å²) in [7, 11) is 0. The van der Waals surface area contributed by atoms with E-state index in [0.717, 1.165) is 27.6 Å². The molecular formula is C26H22ClN3O2. The maximum atomic E-state index is 12.2. The molecule has 32 heavy (non-hydrogen) atoms. The van der Waals surface area contributed by atoms with Crippen LogP contribution in [0.2, 0.25) is 5.02 Å². The molecule has 0 atom stereocenters. The fourth-order valence-electron chi connectivity index (χ4n) is 3.23. The van der Waals surface area contributed by atoms with E-state index in [1.807, 2.05) is 91.0 Å². The van der Waals surface area contributed by atoms with Crippen LogP contribution in [0.1, 0.15) is 11.1 Å². The Balaban J connectivity index is 1.32. The second-order valence-corrected chi connectivity index (χ2v) is 7.56. The van der Waals surface area contributed by atoms with E-state index in [0.29, 0.717) is 17.4 Å². The van der Waals surface area contributed by atoms with Crippen LogP contribution in [0.5, 0.6) is 5.75 Å². The van der Waals surface area contributed by atoms with Crippen LogP contribution >= 0.6 is 11.6 Å². The lowest BCUT2D eigenvalue weighted by Crippen LogP contribution is -2.25. The molecule has 6 heteroatoms. The zero-order valence-electron chi connectivity index (χ0n) is 17.3. The molecule has 0 spiro atoms. The molecule has 0 aliphatic heterocycles. The molecule has 160 valence electrons. The number of ether oxygens (including phenoxy) is 1. The highest BCUT2D eigenvalue weighted by Gasteiger charge is 2.04. The number of fused-ring (bicyclic) bond motifs is 1. The van der Waals surface area contributed by atoms with Gasteiger partial charge in [0.25, 0.3) is 5.91 Å². The third-order valence-corrected chi connectivity index (χ3v) is 5.10. The average Bonchev–Trinajstić information content (AvgIpc) is 2.83. The van der Waals surface area contributed by atoms with E-state index in [-0.39, 0.29) is 12.5 Å². The van der Waals surface area contributed by atoms with E-state index >= 15 is 0 Å². The lowest BCUT2D eigenvalue weighted by Gasteiger charge is -2.10. The Morgan fingerprint density at radius 3 is 2.53 bits per heavy atom. The Kier molecular flexibility index (Phi) is 7.00. The quantitative estimate of drug-likeness (QED) is 0.274. The molecule has 0 saturated carbocycles. The number of nitrogens with one attached hydrogen (secondary N) is 2. The minimum Gasteiger partial charge on any atom is -0.488 e. The van der Waals surface area contributed by atoms with Gasteiger partial charge in [-0.05, 0) is 41.3 Å². The number of nitrogens with zero attached hydrogens (tertiary/aromatic N) is 1. The Hall–Kier alpha value is -3.83. The molecule has 0 aliphatic carbocycles. The van der Waals surface area contributed by atoms with Crippen LogP contribution in [0.25, 0.3) is 10.8 Å². The average molecular weight is 444 g/mol. The first kappa shape index (κ1) is 21.4. The van der Waals surface area contributed by atoms with Gasteiger partial charge < -0.3 is 10.1 Å². The molecule has 0 aliphatic rings. The summed E-state index contributed by atoms with van der Waals surface area (Å²) in [4.78, 5) is 12.2. The summed E-state index contributed by atoms with van der Waals surface area (Å²) < 4.78 is 5.91. The third-order valence-electron chi connectivity index (χ3n) is 4.85. The fraction of sp³-hybridized carbons (Fsp3) is 0.0769. The van der Waals surface area contributed by atoms with Gasteiger partial charge in [-0.2, -0.15) is 5.10 Å². The van der Waals surface area contributed by atoms with Crippen molar-refractivity contribution in [3.63, 3.8) is 0 Å². The van der Waals surface area contributed by atoms with E-state index in [4.69, 9.17) is 16.3 Å². The number of para-hydroxylation sites is 1. The normalized spacial score (nSPS) is 10.9. The first-order valence-electron chi connectivity index (χ1n) is 10.2. The molecule has 4 rings (SSSR count). The van der Waals surface area contributed by atoms with Crippen molar-refractivity contribution in [2.75, 3.05) is 11.9 Å². The molecule has 0 fully saturated rings. The highest BCUT2D eigenvalue weighted by atomic mass is 35.5. The number of hydrogen-bond acceptors (Lipinski definition) is 4. The number of carbonyl (C=O) groups excluding carboxylic acids is 1. The molecule has 4 aromatic rings. The number of halogens is 1. The molecule has 2 N–H and O–H groups in total. The summed E-state index contributed by atoms with van der Waals surface area (Å²) in [5.41, 5.74) is 5.24. The summed E-state index contributed by atoms with van der Waals surface area (Å²) in [5.74, 6) is 0.433. The second kappa shape index (κ2) is 10.5. The van der Waals surface area contributed by atoms with Crippen LogP contribution in [0.15, 0.2) is 96.1 Å².